The van der Waals surface area contributed by atoms with E-state index in [2.05, 4.69) is 40.5 Å². The van der Waals surface area contributed by atoms with Gasteiger partial charge in [-0.2, -0.15) is 0 Å². The van der Waals surface area contributed by atoms with Gasteiger partial charge in [0, 0.05) is 32.7 Å². The van der Waals surface area contributed by atoms with Crippen LogP contribution in [-0.4, -0.2) is 59.8 Å². The summed E-state index contributed by atoms with van der Waals surface area (Å²) < 4.78 is 0. The highest BCUT2D eigenvalue weighted by Gasteiger charge is 2.24. The average molecular weight is 331 g/mol. The first-order chi connectivity index (χ1) is 11.7. The molecule has 2 aliphatic rings. The van der Waals surface area contributed by atoms with Gasteiger partial charge in [-0.3, -0.25) is 4.90 Å². The molecule has 2 N–H and O–H groups in total. The number of carbonyl (C=O) groups is 1. The van der Waals surface area contributed by atoms with Gasteiger partial charge in [-0.15, -0.1) is 0 Å². The number of hydrogen-bond donors (Lipinski definition) is 2. The van der Waals surface area contributed by atoms with Gasteiger partial charge in [-0.1, -0.05) is 30.3 Å². The van der Waals surface area contributed by atoms with Crippen molar-refractivity contribution in [3.05, 3.63) is 35.9 Å². The molecular weight excluding hydrogens is 302 g/mol. The summed E-state index contributed by atoms with van der Waals surface area (Å²) in [6.07, 6.45) is 3.43. The molecule has 5 nitrogen and oxygen atoms in total. The Morgan fingerprint density at radius 1 is 1.12 bits per heavy atom. The summed E-state index contributed by atoms with van der Waals surface area (Å²) >= 11 is 0. The van der Waals surface area contributed by atoms with Crippen LogP contribution in [0.25, 0.3) is 0 Å². The zero-order valence-corrected chi connectivity index (χ0v) is 14.4. The number of likely N-dealkylation sites (tertiary alicyclic amines) is 2. The molecule has 2 heterocycles. The SMILES string of the molecule is O=C(NCC[C@@H]1CCN(Cc2ccccc2)C1)N1CCC(O)CC1. The maximum Gasteiger partial charge on any atom is 0.317 e. The van der Waals surface area contributed by atoms with Gasteiger partial charge < -0.3 is 15.3 Å². The van der Waals surface area contributed by atoms with Crippen LogP contribution in [0.3, 0.4) is 0 Å². The molecule has 0 saturated carbocycles. The molecule has 132 valence electrons. The number of urea groups is 1. The molecule has 2 aliphatic heterocycles. The lowest BCUT2D eigenvalue weighted by Gasteiger charge is -2.29. The molecule has 0 unspecified atom stereocenters. The summed E-state index contributed by atoms with van der Waals surface area (Å²) in [5, 5.41) is 12.5. The monoisotopic (exact) mass is 331 g/mol. The standard InChI is InChI=1S/C19H29N3O2/c23-18-8-12-22(13-9-18)19(24)20-10-6-17-7-11-21(15-17)14-16-4-2-1-3-5-16/h1-5,17-18,23H,6-15H2,(H,20,24)/t17-/m1/s1. The van der Waals surface area contributed by atoms with Crippen LogP contribution in [-0.2, 0) is 6.54 Å². The molecule has 1 aromatic rings. The van der Waals surface area contributed by atoms with E-state index in [-0.39, 0.29) is 12.1 Å². The van der Waals surface area contributed by atoms with Crippen LogP contribution in [0.2, 0.25) is 0 Å². The molecule has 5 heteroatoms. The zero-order valence-electron chi connectivity index (χ0n) is 14.4. The van der Waals surface area contributed by atoms with Gasteiger partial charge in [0.1, 0.15) is 0 Å². The molecule has 0 spiro atoms. The molecule has 0 radical (unpaired) electrons. The van der Waals surface area contributed by atoms with Gasteiger partial charge in [0.05, 0.1) is 6.10 Å². The smallest absolute Gasteiger partial charge is 0.317 e. The van der Waals surface area contributed by atoms with Crippen LogP contribution >= 0.6 is 0 Å². The van der Waals surface area contributed by atoms with E-state index < -0.39 is 0 Å². The summed E-state index contributed by atoms with van der Waals surface area (Å²) in [5.41, 5.74) is 1.37. The minimum absolute atomic E-state index is 0.0287. The van der Waals surface area contributed by atoms with Crippen molar-refractivity contribution in [1.29, 1.82) is 0 Å². The number of carbonyl (C=O) groups excluding carboxylic acids is 1. The van der Waals surface area contributed by atoms with E-state index in [9.17, 15) is 9.90 Å². The highest BCUT2D eigenvalue weighted by Crippen LogP contribution is 2.21. The number of nitrogens with zero attached hydrogens (tertiary/aromatic N) is 2. The Hall–Kier alpha value is -1.59. The third-order valence-electron chi connectivity index (χ3n) is 5.20. The van der Waals surface area contributed by atoms with E-state index in [1.807, 2.05) is 4.90 Å². The second kappa shape index (κ2) is 8.49. The third-order valence-corrected chi connectivity index (χ3v) is 5.20. The van der Waals surface area contributed by atoms with E-state index in [1.54, 1.807) is 0 Å². The number of benzene rings is 1. The molecule has 1 atom stereocenters. The van der Waals surface area contributed by atoms with Gasteiger partial charge in [-0.05, 0) is 43.7 Å². The summed E-state index contributed by atoms with van der Waals surface area (Å²) in [4.78, 5) is 16.4. The minimum Gasteiger partial charge on any atom is -0.393 e. The fraction of sp³-hybridized carbons (Fsp3) is 0.632. The minimum atomic E-state index is -0.233. The first-order valence-electron chi connectivity index (χ1n) is 9.18. The van der Waals surface area contributed by atoms with Crippen molar-refractivity contribution in [2.75, 3.05) is 32.7 Å². The second-order valence-corrected chi connectivity index (χ2v) is 7.11. The normalized spacial score (nSPS) is 22.7. The molecule has 2 amide bonds. The molecule has 1 aromatic carbocycles. The van der Waals surface area contributed by atoms with Crippen molar-refractivity contribution >= 4 is 6.03 Å². The molecule has 0 bridgehead atoms. The Morgan fingerprint density at radius 2 is 1.88 bits per heavy atom. The quantitative estimate of drug-likeness (QED) is 0.868. The first-order valence-corrected chi connectivity index (χ1v) is 9.18. The summed E-state index contributed by atoms with van der Waals surface area (Å²) in [7, 11) is 0. The molecule has 0 aliphatic carbocycles. The van der Waals surface area contributed by atoms with Crippen LogP contribution in [0.1, 0.15) is 31.2 Å². The number of rotatable bonds is 5. The number of nitrogens with one attached hydrogen (secondary N) is 1. The molecular formula is C19H29N3O2. The largest absolute Gasteiger partial charge is 0.393 e. The highest BCUT2D eigenvalue weighted by molar-refractivity contribution is 5.74. The topological polar surface area (TPSA) is 55.8 Å². The lowest BCUT2D eigenvalue weighted by atomic mass is 10.1. The fourth-order valence-electron chi connectivity index (χ4n) is 3.70. The van der Waals surface area contributed by atoms with Crippen LogP contribution in [0.4, 0.5) is 4.79 Å². The Kier molecular flexibility index (Phi) is 6.10. The lowest BCUT2D eigenvalue weighted by molar-refractivity contribution is 0.0936. The number of aliphatic hydroxyl groups is 1. The zero-order chi connectivity index (χ0) is 16.8. The van der Waals surface area contributed by atoms with Gasteiger partial charge >= 0.3 is 6.03 Å². The van der Waals surface area contributed by atoms with Crippen LogP contribution in [0.15, 0.2) is 30.3 Å². The summed E-state index contributed by atoms with van der Waals surface area (Å²) in [6, 6.07) is 10.6. The fourth-order valence-corrected chi connectivity index (χ4v) is 3.70. The maximum absolute atomic E-state index is 12.1. The van der Waals surface area contributed by atoms with Gasteiger partial charge in [0.15, 0.2) is 0 Å². The highest BCUT2D eigenvalue weighted by atomic mass is 16.3. The Morgan fingerprint density at radius 3 is 2.62 bits per heavy atom. The molecule has 2 fully saturated rings. The number of hydrogen-bond acceptors (Lipinski definition) is 3. The molecule has 24 heavy (non-hydrogen) atoms. The first kappa shape index (κ1) is 17.2. The van der Waals surface area contributed by atoms with E-state index in [0.29, 0.717) is 31.8 Å². The van der Waals surface area contributed by atoms with Crippen molar-refractivity contribution in [2.24, 2.45) is 5.92 Å². The van der Waals surface area contributed by atoms with Crippen LogP contribution in [0.5, 0.6) is 0 Å². The maximum atomic E-state index is 12.1. The van der Waals surface area contributed by atoms with Gasteiger partial charge in [0.25, 0.3) is 0 Å². The van der Waals surface area contributed by atoms with Crippen molar-refractivity contribution in [3.8, 4) is 0 Å². The number of aliphatic hydroxyl groups excluding tert-OH is 1. The van der Waals surface area contributed by atoms with Crippen molar-refractivity contribution in [1.82, 2.24) is 15.1 Å². The molecule has 0 aromatic heterocycles. The Bertz CT molecular complexity index is 515. The third kappa shape index (κ3) is 4.95. The summed E-state index contributed by atoms with van der Waals surface area (Å²) in [6.45, 7) is 5.39. The van der Waals surface area contributed by atoms with Gasteiger partial charge in [0.2, 0.25) is 0 Å². The Balaban J connectivity index is 1.32. The van der Waals surface area contributed by atoms with Crippen LogP contribution in [0, 0.1) is 5.92 Å². The van der Waals surface area contributed by atoms with Crippen molar-refractivity contribution in [2.45, 2.75) is 38.3 Å². The lowest BCUT2D eigenvalue weighted by Crippen LogP contribution is -2.45. The predicted molar refractivity (Wildman–Crippen MR) is 94.7 cm³/mol. The van der Waals surface area contributed by atoms with Crippen molar-refractivity contribution < 1.29 is 9.90 Å². The number of piperidine rings is 1. The van der Waals surface area contributed by atoms with E-state index in [4.69, 9.17) is 0 Å². The molecule has 2 saturated heterocycles. The van der Waals surface area contributed by atoms with Crippen molar-refractivity contribution in [3.63, 3.8) is 0 Å². The van der Waals surface area contributed by atoms with E-state index >= 15 is 0 Å². The second-order valence-electron chi connectivity index (χ2n) is 7.11. The van der Waals surface area contributed by atoms with Crippen LogP contribution < -0.4 is 5.32 Å². The molecule has 3 rings (SSSR count). The predicted octanol–water partition coefficient (Wildman–Crippen LogP) is 2.06. The average Bonchev–Trinajstić information content (AvgIpc) is 3.03. The van der Waals surface area contributed by atoms with E-state index in [0.717, 1.165) is 32.6 Å². The van der Waals surface area contributed by atoms with Gasteiger partial charge in [-0.25, -0.2) is 4.79 Å². The van der Waals surface area contributed by atoms with E-state index in [1.165, 1.54) is 12.0 Å². The Labute approximate surface area is 144 Å². The number of amides is 2. The summed E-state index contributed by atoms with van der Waals surface area (Å²) in [5.74, 6) is 0.678.